The van der Waals surface area contributed by atoms with Crippen LogP contribution in [0.2, 0.25) is 0 Å². The number of aromatic nitrogens is 1. The fourth-order valence-corrected chi connectivity index (χ4v) is 6.67. The van der Waals surface area contributed by atoms with Crippen molar-refractivity contribution in [2.75, 3.05) is 33.4 Å². The van der Waals surface area contributed by atoms with Crippen LogP contribution in [0, 0.1) is 0 Å². The first-order valence-corrected chi connectivity index (χ1v) is 14.3. The highest BCUT2D eigenvalue weighted by Crippen LogP contribution is 2.35. The molecule has 0 N–H and O–H groups in total. The van der Waals surface area contributed by atoms with Crippen LogP contribution in [0.5, 0.6) is 11.5 Å². The van der Waals surface area contributed by atoms with Gasteiger partial charge in [-0.05, 0) is 43.5 Å². The third-order valence-electron chi connectivity index (χ3n) is 6.29. The molecule has 0 aliphatic carbocycles. The lowest BCUT2D eigenvalue weighted by Crippen LogP contribution is -2.34. The molecule has 2 aliphatic heterocycles. The van der Waals surface area contributed by atoms with E-state index in [1.165, 1.54) is 39.9 Å². The van der Waals surface area contributed by atoms with E-state index in [-0.39, 0.29) is 11.0 Å². The highest BCUT2D eigenvalue weighted by molar-refractivity contribution is 7.89. The zero-order valence-electron chi connectivity index (χ0n) is 20.3. The average Bonchev–Trinajstić information content (AvgIpc) is 3.50. The number of fused-ring (bicyclic) bond motifs is 2. The van der Waals surface area contributed by atoms with E-state index in [2.05, 4.69) is 11.9 Å². The number of hydrogen-bond acceptors (Lipinski definition) is 7. The van der Waals surface area contributed by atoms with E-state index in [1.807, 2.05) is 16.7 Å². The summed E-state index contributed by atoms with van der Waals surface area (Å²) in [5.41, 5.74) is 1.26. The first kappa shape index (κ1) is 24.9. The van der Waals surface area contributed by atoms with Crippen LogP contribution in [0.4, 0.5) is 0 Å². The molecule has 11 heteroatoms. The Bertz CT molecular complexity index is 1440. The minimum absolute atomic E-state index is 0.0794. The Morgan fingerprint density at radius 2 is 1.86 bits per heavy atom. The lowest BCUT2D eigenvalue weighted by Gasteiger charge is -2.20. The number of hydrogen-bond donors (Lipinski definition) is 0. The van der Waals surface area contributed by atoms with Crippen molar-refractivity contribution in [3.8, 4) is 11.5 Å². The number of ether oxygens (including phenoxy) is 3. The Morgan fingerprint density at radius 3 is 2.53 bits per heavy atom. The highest BCUT2D eigenvalue weighted by Gasteiger charge is 2.26. The van der Waals surface area contributed by atoms with Crippen molar-refractivity contribution in [3.63, 3.8) is 0 Å². The van der Waals surface area contributed by atoms with E-state index in [0.717, 1.165) is 29.5 Å². The van der Waals surface area contributed by atoms with Crippen molar-refractivity contribution in [2.45, 2.75) is 43.7 Å². The maximum absolute atomic E-state index is 13.0. The summed E-state index contributed by atoms with van der Waals surface area (Å²) in [6.45, 7) is 4.74. The molecule has 0 spiro atoms. The summed E-state index contributed by atoms with van der Waals surface area (Å²) >= 11 is 1.41. The van der Waals surface area contributed by atoms with E-state index in [4.69, 9.17) is 14.2 Å². The van der Waals surface area contributed by atoms with Crippen LogP contribution in [0.1, 0.15) is 36.5 Å². The van der Waals surface area contributed by atoms with Gasteiger partial charge in [0.1, 0.15) is 13.2 Å². The molecule has 1 amide bonds. The van der Waals surface area contributed by atoms with Gasteiger partial charge in [-0.3, -0.25) is 4.79 Å². The van der Waals surface area contributed by atoms with E-state index in [0.29, 0.717) is 54.8 Å². The standard InChI is InChI=1S/C25H29N3O6S2/c1-3-10-28-20-14-21-22(34-13-12-33-21)15-23(20)35-25(28)26-24(29)17-6-8-19(9-7-17)36(30,31)27(2)16-18-5-4-11-32-18/h6-9,14-15,18H,3-5,10-13,16H2,1-2H3. The maximum Gasteiger partial charge on any atom is 0.279 e. The maximum atomic E-state index is 13.0. The summed E-state index contributed by atoms with van der Waals surface area (Å²) in [6.07, 6.45) is 2.59. The van der Waals surface area contributed by atoms with Gasteiger partial charge in [-0.15, -0.1) is 0 Å². The van der Waals surface area contributed by atoms with Crippen molar-refractivity contribution < 1.29 is 27.4 Å². The van der Waals surface area contributed by atoms with Crippen molar-refractivity contribution >= 4 is 37.5 Å². The number of carbonyl (C=O) groups excluding carboxylic acids is 1. The van der Waals surface area contributed by atoms with E-state index >= 15 is 0 Å². The molecule has 1 unspecified atom stereocenters. The summed E-state index contributed by atoms with van der Waals surface area (Å²) < 4.78 is 47.2. The van der Waals surface area contributed by atoms with Crippen LogP contribution in [0.15, 0.2) is 46.3 Å². The van der Waals surface area contributed by atoms with Gasteiger partial charge in [-0.25, -0.2) is 8.42 Å². The van der Waals surface area contributed by atoms with Crippen LogP contribution in [-0.2, 0) is 21.3 Å². The minimum atomic E-state index is -3.68. The lowest BCUT2D eigenvalue weighted by molar-refractivity contribution is 0.0979. The molecule has 1 aromatic heterocycles. The van der Waals surface area contributed by atoms with Gasteiger partial charge in [0.05, 0.1) is 21.2 Å². The number of sulfonamides is 1. The van der Waals surface area contributed by atoms with Crippen molar-refractivity contribution in [1.82, 2.24) is 8.87 Å². The molecule has 3 aromatic rings. The first-order chi connectivity index (χ1) is 17.4. The molecule has 5 rings (SSSR count). The predicted molar refractivity (Wildman–Crippen MR) is 136 cm³/mol. The summed E-state index contributed by atoms with van der Waals surface area (Å²) in [7, 11) is -2.13. The summed E-state index contributed by atoms with van der Waals surface area (Å²) in [5.74, 6) is 0.952. The predicted octanol–water partition coefficient (Wildman–Crippen LogP) is 3.42. The normalized spacial score (nSPS) is 18.3. The molecule has 2 aromatic carbocycles. The Kier molecular flexibility index (Phi) is 7.16. The van der Waals surface area contributed by atoms with Crippen molar-refractivity contribution in [1.29, 1.82) is 0 Å². The number of aryl methyl sites for hydroxylation is 1. The molecule has 1 atom stereocenters. The molecule has 2 aliphatic rings. The van der Waals surface area contributed by atoms with Crippen LogP contribution >= 0.6 is 11.3 Å². The number of amides is 1. The van der Waals surface area contributed by atoms with E-state index in [9.17, 15) is 13.2 Å². The van der Waals surface area contributed by atoms with Crippen LogP contribution in [0.3, 0.4) is 0 Å². The van der Waals surface area contributed by atoms with Crippen LogP contribution < -0.4 is 14.3 Å². The van der Waals surface area contributed by atoms with Crippen molar-refractivity contribution in [2.24, 2.45) is 4.99 Å². The van der Waals surface area contributed by atoms with Crippen LogP contribution in [-0.4, -0.2) is 62.7 Å². The molecule has 192 valence electrons. The molecular formula is C25H29N3O6S2. The lowest BCUT2D eigenvalue weighted by atomic mass is 10.2. The molecule has 1 fully saturated rings. The third-order valence-corrected chi connectivity index (χ3v) is 9.16. The number of likely N-dealkylation sites (N-methyl/N-ethyl adjacent to an activating group) is 1. The first-order valence-electron chi connectivity index (χ1n) is 12.1. The zero-order valence-corrected chi connectivity index (χ0v) is 21.9. The van der Waals surface area contributed by atoms with Gasteiger partial charge in [0.2, 0.25) is 10.0 Å². The fourth-order valence-electron chi connectivity index (χ4n) is 4.41. The van der Waals surface area contributed by atoms with Gasteiger partial charge in [-0.2, -0.15) is 9.30 Å². The number of thiazole rings is 1. The number of carbonyl (C=O) groups is 1. The topological polar surface area (TPSA) is 99.4 Å². The smallest absolute Gasteiger partial charge is 0.279 e. The third kappa shape index (κ3) is 4.93. The number of rotatable bonds is 7. The minimum Gasteiger partial charge on any atom is -0.486 e. The summed E-state index contributed by atoms with van der Waals surface area (Å²) in [4.78, 5) is 18.1. The second-order valence-electron chi connectivity index (χ2n) is 8.86. The van der Waals surface area contributed by atoms with Crippen LogP contribution in [0.25, 0.3) is 10.2 Å². The molecule has 1 saturated heterocycles. The molecule has 36 heavy (non-hydrogen) atoms. The second kappa shape index (κ2) is 10.3. The Labute approximate surface area is 214 Å². The Hall–Kier alpha value is -2.73. The molecule has 3 heterocycles. The number of nitrogens with zero attached hydrogens (tertiary/aromatic N) is 3. The SMILES string of the molecule is CCCn1c(=NC(=O)c2ccc(S(=O)(=O)N(C)CC3CCCO3)cc2)sc2cc3c(cc21)OCCO3. The molecule has 0 bridgehead atoms. The Morgan fingerprint density at radius 1 is 1.14 bits per heavy atom. The summed E-state index contributed by atoms with van der Waals surface area (Å²) in [5, 5.41) is 0. The van der Waals surface area contributed by atoms with E-state index in [1.54, 1.807) is 7.05 Å². The van der Waals surface area contributed by atoms with Gasteiger partial charge in [0, 0.05) is 44.4 Å². The van der Waals surface area contributed by atoms with Gasteiger partial charge in [0.15, 0.2) is 16.3 Å². The average molecular weight is 532 g/mol. The Balaban J connectivity index is 1.41. The van der Waals surface area contributed by atoms with Gasteiger partial charge >= 0.3 is 0 Å². The second-order valence-corrected chi connectivity index (χ2v) is 11.9. The van der Waals surface area contributed by atoms with Gasteiger partial charge in [0.25, 0.3) is 5.91 Å². The molecular weight excluding hydrogens is 502 g/mol. The van der Waals surface area contributed by atoms with Gasteiger partial charge < -0.3 is 18.8 Å². The largest absolute Gasteiger partial charge is 0.486 e. The quantitative estimate of drug-likeness (QED) is 0.463. The monoisotopic (exact) mass is 531 g/mol. The zero-order chi connectivity index (χ0) is 25.3. The summed E-state index contributed by atoms with van der Waals surface area (Å²) in [6, 6.07) is 9.80. The molecule has 9 nitrogen and oxygen atoms in total. The van der Waals surface area contributed by atoms with Gasteiger partial charge in [-0.1, -0.05) is 18.3 Å². The fraction of sp³-hybridized carbons (Fsp3) is 0.440. The van der Waals surface area contributed by atoms with E-state index < -0.39 is 15.9 Å². The highest BCUT2D eigenvalue weighted by atomic mass is 32.2. The van der Waals surface area contributed by atoms with Crippen molar-refractivity contribution in [3.05, 3.63) is 46.8 Å². The molecule has 0 saturated carbocycles. The molecule has 0 radical (unpaired) electrons. The number of benzene rings is 2.